The van der Waals surface area contributed by atoms with Crippen molar-refractivity contribution in [3.63, 3.8) is 0 Å². The molecule has 0 amide bonds. The maximum atomic E-state index is 10.8. The predicted molar refractivity (Wildman–Crippen MR) is 80.4 cm³/mol. The molecule has 0 aliphatic heterocycles. The van der Waals surface area contributed by atoms with E-state index in [2.05, 4.69) is 11.8 Å². The fourth-order valence-corrected chi connectivity index (χ4v) is 2.45. The number of aryl methyl sites for hydroxylation is 1. The largest absolute Gasteiger partial charge is 0.488 e. The van der Waals surface area contributed by atoms with E-state index >= 15 is 0 Å². The molecule has 0 saturated carbocycles. The molecule has 1 aromatic carbocycles. The number of nitrogens with zero attached hydrogens (tertiary/aromatic N) is 1. The van der Waals surface area contributed by atoms with Crippen LogP contribution in [-0.2, 0) is 6.61 Å². The van der Waals surface area contributed by atoms with Gasteiger partial charge in [0.25, 0.3) is 5.69 Å². The van der Waals surface area contributed by atoms with E-state index < -0.39 is 4.92 Å². The Morgan fingerprint density at radius 3 is 2.90 bits per heavy atom. The molecular weight excluding hydrogens is 290 g/mol. The summed E-state index contributed by atoms with van der Waals surface area (Å²) in [6.07, 6.45) is 0. The molecule has 0 fully saturated rings. The summed E-state index contributed by atoms with van der Waals surface area (Å²) in [5, 5.41) is 19.4. The third kappa shape index (κ3) is 4.05. The Balaban J connectivity index is 2.07. The molecule has 6 heteroatoms. The second kappa shape index (κ2) is 6.88. The summed E-state index contributed by atoms with van der Waals surface area (Å²) in [6.45, 7) is 2.00. The van der Waals surface area contributed by atoms with Crippen LogP contribution in [0.3, 0.4) is 0 Å². The molecule has 0 spiro atoms. The second-order valence-corrected chi connectivity index (χ2v) is 5.39. The molecule has 108 valence electrons. The van der Waals surface area contributed by atoms with Gasteiger partial charge in [0.15, 0.2) is 0 Å². The van der Waals surface area contributed by atoms with Gasteiger partial charge in [0, 0.05) is 10.9 Å². The first kappa shape index (κ1) is 15.0. The average molecular weight is 303 g/mol. The zero-order chi connectivity index (χ0) is 15.2. The molecule has 0 unspecified atom stereocenters. The summed E-state index contributed by atoms with van der Waals surface area (Å²) < 4.78 is 5.64. The Kier molecular flexibility index (Phi) is 4.93. The lowest BCUT2D eigenvalue weighted by molar-refractivity contribution is -0.385. The van der Waals surface area contributed by atoms with Crippen LogP contribution >= 0.6 is 11.3 Å². The van der Waals surface area contributed by atoms with Crippen LogP contribution < -0.4 is 4.74 Å². The number of nitro benzene ring substituents is 1. The number of thiophene rings is 1. The van der Waals surface area contributed by atoms with Crippen molar-refractivity contribution >= 4 is 17.0 Å². The molecular formula is C15H13NO4S. The fraction of sp³-hybridized carbons (Fsp3) is 0.200. The Morgan fingerprint density at radius 2 is 2.19 bits per heavy atom. The fourth-order valence-electron chi connectivity index (χ4n) is 1.66. The zero-order valence-corrected chi connectivity index (χ0v) is 12.1. The van der Waals surface area contributed by atoms with Crippen LogP contribution in [0.15, 0.2) is 30.3 Å². The maximum absolute atomic E-state index is 10.8. The van der Waals surface area contributed by atoms with E-state index in [1.165, 1.54) is 23.5 Å². The van der Waals surface area contributed by atoms with Crippen LogP contribution in [0, 0.1) is 28.9 Å². The van der Waals surface area contributed by atoms with Crippen molar-refractivity contribution in [2.45, 2.75) is 13.5 Å². The Hall–Kier alpha value is -2.36. The van der Waals surface area contributed by atoms with E-state index in [0.717, 1.165) is 15.3 Å². The summed E-state index contributed by atoms with van der Waals surface area (Å²) in [7, 11) is 0. The molecule has 5 nitrogen and oxygen atoms in total. The van der Waals surface area contributed by atoms with Crippen molar-refractivity contribution in [2.75, 3.05) is 6.61 Å². The van der Waals surface area contributed by atoms with Gasteiger partial charge in [-0.15, -0.1) is 11.3 Å². The van der Waals surface area contributed by atoms with Crippen LogP contribution in [0.4, 0.5) is 5.69 Å². The zero-order valence-electron chi connectivity index (χ0n) is 11.3. The standard InChI is InChI=1S/C15H13NO4S/c1-11-4-5-12(16(18)19)9-15(11)20-10-14-7-6-13(21-14)3-2-8-17/h4-7,9,17H,8,10H2,1H3. The highest BCUT2D eigenvalue weighted by atomic mass is 32.1. The molecule has 0 saturated heterocycles. The van der Waals surface area contributed by atoms with Crippen molar-refractivity contribution in [3.05, 3.63) is 55.8 Å². The Morgan fingerprint density at radius 1 is 1.38 bits per heavy atom. The van der Waals surface area contributed by atoms with Crippen LogP contribution in [0.25, 0.3) is 0 Å². The number of ether oxygens (including phenoxy) is 1. The van der Waals surface area contributed by atoms with E-state index in [-0.39, 0.29) is 12.3 Å². The van der Waals surface area contributed by atoms with Crippen LogP contribution in [0.2, 0.25) is 0 Å². The lowest BCUT2D eigenvalue weighted by Crippen LogP contribution is -1.96. The van der Waals surface area contributed by atoms with Crippen LogP contribution in [0.1, 0.15) is 15.3 Å². The monoisotopic (exact) mass is 303 g/mol. The molecule has 1 heterocycles. The van der Waals surface area contributed by atoms with Gasteiger partial charge in [-0.3, -0.25) is 10.1 Å². The van der Waals surface area contributed by atoms with Gasteiger partial charge in [-0.1, -0.05) is 11.8 Å². The molecule has 0 atom stereocenters. The number of rotatable bonds is 4. The van der Waals surface area contributed by atoms with E-state index in [9.17, 15) is 10.1 Å². The van der Waals surface area contributed by atoms with Gasteiger partial charge in [-0.25, -0.2) is 0 Å². The quantitative estimate of drug-likeness (QED) is 0.535. The van der Waals surface area contributed by atoms with Gasteiger partial charge in [-0.05, 0) is 30.7 Å². The minimum absolute atomic E-state index is 0.0104. The SMILES string of the molecule is Cc1ccc([N+](=O)[O-])cc1OCc1ccc(C#CCO)s1. The molecule has 2 rings (SSSR count). The molecule has 0 aliphatic rings. The normalized spacial score (nSPS) is 9.81. The number of benzene rings is 1. The number of nitro groups is 1. The van der Waals surface area contributed by atoms with Crippen molar-refractivity contribution < 1.29 is 14.8 Å². The number of non-ortho nitro benzene ring substituents is 1. The van der Waals surface area contributed by atoms with Crippen LogP contribution in [0.5, 0.6) is 5.75 Å². The third-order valence-corrected chi connectivity index (χ3v) is 3.68. The summed E-state index contributed by atoms with van der Waals surface area (Å²) in [5.74, 6) is 5.90. The highest BCUT2D eigenvalue weighted by Crippen LogP contribution is 2.26. The first-order chi connectivity index (χ1) is 10.1. The van der Waals surface area contributed by atoms with Crippen molar-refractivity contribution in [1.82, 2.24) is 0 Å². The van der Waals surface area contributed by atoms with Gasteiger partial charge in [0.1, 0.15) is 19.0 Å². The lowest BCUT2D eigenvalue weighted by atomic mass is 10.2. The first-order valence-electron chi connectivity index (χ1n) is 6.16. The molecule has 2 aromatic rings. The molecule has 21 heavy (non-hydrogen) atoms. The topological polar surface area (TPSA) is 72.6 Å². The van der Waals surface area contributed by atoms with E-state index in [1.54, 1.807) is 6.07 Å². The maximum Gasteiger partial charge on any atom is 0.273 e. The summed E-state index contributed by atoms with van der Waals surface area (Å²) in [5.41, 5.74) is 0.855. The molecule has 1 N–H and O–H groups in total. The van der Waals surface area contributed by atoms with Crippen molar-refractivity contribution in [1.29, 1.82) is 0 Å². The number of aliphatic hydroxyl groups is 1. The van der Waals surface area contributed by atoms with Crippen molar-refractivity contribution in [2.24, 2.45) is 0 Å². The number of hydrogen-bond donors (Lipinski definition) is 1. The summed E-state index contributed by atoms with van der Waals surface area (Å²) in [6, 6.07) is 8.29. The second-order valence-electron chi connectivity index (χ2n) is 4.22. The summed E-state index contributed by atoms with van der Waals surface area (Å²) >= 11 is 1.46. The molecule has 0 radical (unpaired) electrons. The first-order valence-corrected chi connectivity index (χ1v) is 6.98. The van der Waals surface area contributed by atoms with Gasteiger partial charge >= 0.3 is 0 Å². The number of aliphatic hydroxyl groups excluding tert-OH is 1. The highest BCUT2D eigenvalue weighted by molar-refractivity contribution is 7.12. The molecule has 0 bridgehead atoms. The van der Waals surface area contributed by atoms with E-state index in [4.69, 9.17) is 9.84 Å². The van der Waals surface area contributed by atoms with Gasteiger partial charge in [0.2, 0.25) is 0 Å². The van der Waals surface area contributed by atoms with Crippen molar-refractivity contribution in [3.8, 4) is 17.6 Å². The lowest BCUT2D eigenvalue weighted by Gasteiger charge is -2.07. The average Bonchev–Trinajstić information content (AvgIpc) is 2.92. The van der Waals surface area contributed by atoms with Gasteiger partial charge in [0.05, 0.1) is 15.9 Å². The smallest absolute Gasteiger partial charge is 0.273 e. The Labute approximate surface area is 126 Å². The molecule has 1 aromatic heterocycles. The summed E-state index contributed by atoms with van der Waals surface area (Å²) in [4.78, 5) is 12.1. The minimum atomic E-state index is -0.444. The van der Waals surface area contributed by atoms with Gasteiger partial charge in [-0.2, -0.15) is 0 Å². The highest BCUT2D eigenvalue weighted by Gasteiger charge is 2.10. The van der Waals surface area contributed by atoms with Crippen LogP contribution in [-0.4, -0.2) is 16.6 Å². The van der Waals surface area contributed by atoms with E-state index in [1.807, 2.05) is 19.1 Å². The minimum Gasteiger partial charge on any atom is -0.488 e. The molecule has 0 aliphatic carbocycles. The Bertz CT molecular complexity index is 712. The third-order valence-electron chi connectivity index (χ3n) is 2.70. The predicted octanol–water partition coefficient (Wildman–Crippen LogP) is 2.89. The van der Waals surface area contributed by atoms with Gasteiger partial charge < -0.3 is 9.84 Å². The number of hydrogen-bond acceptors (Lipinski definition) is 5. The van der Waals surface area contributed by atoms with E-state index in [0.29, 0.717) is 12.4 Å².